The van der Waals surface area contributed by atoms with Gasteiger partial charge in [-0.3, -0.25) is 14.9 Å². The molecule has 0 bridgehead atoms. The number of rotatable bonds is 2. The number of benzene rings is 2. The monoisotopic (exact) mass is 309 g/mol. The Kier molecular flexibility index (Phi) is 3.04. The maximum atomic E-state index is 12.7. The standard InChI is InChI=1S/C17H15N3O3/c21-17(11-8-9-11)19-10-12-4-3-7-15(20(22)23)16(12)18-13-5-1-2-6-14(13)19/h1-7,11,18H,8-10H2. The van der Waals surface area contributed by atoms with Gasteiger partial charge in [-0.25, -0.2) is 0 Å². The van der Waals surface area contributed by atoms with Gasteiger partial charge in [-0.15, -0.1) is 0 Å². The van der Waals surface area contributed by atoms with Crippen LogP contribution in [-0.4, -0.2) is 10.8 Å². The lowest BCUT2D eigenvalue weighted by atomic mass is 10.1. The van der Waals surface area contributed by atoms with Crippen LogP contribution in [0.15, 0.2) is 42.5 Å². The van der Waals surface area contributed by atoms with Crippen molar-refractivity contribution in [2.45, 2.75) is 19.4 Å². The van der Waals surface area contributed by atoms with Gasteiger partial charge in [0.1, 0.15) is 5.69 Å². The van der Waals surface area contributed by atoms with E-state index >= 15 is 0 Å². The quantitative estimate of drug-likeness (QED) is 0.679. The van der Waals surface area contributed by atoms with Gasteiger partial charge in [0.05, 0.1) is 22.8 Å². The van der Waals surface area contributed by atoms with Crippen molar-refractivity contribution >= 4 is 28.7 Å². The Labute approximate surface area is 132 Å². The fraction of sp³-hybridized carbons (Fsp3) is 0.235. The maximum absolute atomic E-state index is 12.7. The lowest BCUT2D eigenvalue weighted by Crippen LogP contribution is -2.31. The fourth-order valence-corrected chi connectivity index (χ4v) is 2.97. The minimum absolute atomic E-state index is 0.0259. The first-order valence-corrected chi connectivity index (χ1v) is 7.59. The van der Waals surface area contributed by atoms with Crippen LogP contribution in [0.4, 0.5) is 22.7 Å². The third-order valence-corrected chi connectivity index (χ3v) is 4.30. The first-order valence-electron chi connectivity index (χ1n) is 7.59. The van der Waals surface area contributed by atoms with Crippen molar-refractivity contribution in [3.05, 3.63) is 58.1 Å². The highest BCUT2D eigenvalue weighted by Crippen LogP contribution is 2.42. The highest BCUT2D eigenvalue weighted by Gasteiger charge is 2.36. The van der Waals surface area contributed by atoms with Crippen LogP contribution in [0, 0.1) is 16.0 Å². The summed E-state index contributed by atoms with van der Waals surface area (Å²) in [4.78, 5) is 25.3. The lowest BCUT2D eigenvalue weighted by Gasteiger charge is -2.22. The third-order valence-electron chi connectivity index (χ3n) is 4.30. The summed E-state index contributed by atoms with van der Waals surface area (Å²) in [5, 5.41) is 14.5. The molecule has 2 aromatic carbocycles. The zero-order valence-corrected chi connectivity index (χ0v) is 12.4. The highest BCUT2D eigenvalue weighted by atomic mass is 16.6. The number of hydrogen-bond acceptors (Lipinski definition) is 4. The molecule has 2 aliphatic rings. The third kappa shape index (κ3) is 2.32. The zero-order chi connectivity index (χ0) is 16.0. The second-order valence-electron chi connectivity index (χ2n) is 5.91. The van der Waals surface area contributed by atoms with Crippen LogP contribution in [0.1, 0.15) is 18.4 Å². The van der Waals surface area contributed by atoms with Gasteiger partial charge in [0.15, 0.2) is 0 Å². The summed E-state index contributed by atoms with van der Waals surface area (Å²) in [5.74, 6) is 0.182. The van der Waals surface area contributed by atoms with Gasteiger partial charge in [-0.1, -0.05) is 24.3 Å². The SMILES string of the molecule is O=C(C1CC1)N1Cc2cccc([N+](=O)[O-])c2Nc2ccccc21. The van der Waals surface area contributed by atoms with Crippen molar-refractivity contribution in [1.82, 2.24) is 0 Å². The number of amides is 1. The molecule has 0 spiro atoms. The van der Waals surface area contributed by atoms with E-state index in [0.29, 0.717) is 12.2 Å². The number of para-hydroxylation sites is 3. The summed E-state index contributed by atoms with van der Waals surface area (Å²) in [7, 11) is 0. The van der Waals surface area contributed by atoms with Crippen molar-refractivity contribution in [2.24, 2.45) is 5.92 Å². The predicted molar refractivity (Wildman–Crippen MR) is 86.7 cm³/mol. The number of anilines is 3. The average Bonchev–Trinajstić information content (AvgIpc) is 3.39. The number of carbonyl (C=O) groups excluding carboxylic acids is 1. The van der Waals surface area contributed by atoms with Crippen LogP contribution in [-0.2, 0) is 11.3 Å². The van der Waals surface area contributed by atoms with E-state index in [0.717, 1.165) is 29.8 Å². The van der Waals surface area contributed by atoms with Crippen molar-refractivity contribution in [2.75, 3.05) is 10.2 Å². The second-order valence-corrected chi connectivity index (χ2v) is 5.91. The molecule has 6 nitrogen and oxygen atoms in total. The molecular formula is C17H15N3O3. The van der Waals surface area contributed by atoms with Gasteiger partial charge in [0, 0.05) is 17.5 Å². The maximum Gasteiger partial charge on any atom is 0.293 e. The van der Waals surface area contributed by atoms with E-state index in [4.69, 9.17) is 0 Å². The fourth-order valence-electron chi connectivity index (χ4n) is 2.97. The molecule has 0 radical (unpaired) electrons. The highest BCUT2D eigenvalue weighted by molar-refractivity contribution is 6.01. The Bertz CT molecular complexity index is 814. The van der Waals surface area contributed by atoms with Crippen molar-refractivity contribution in [3.63, 3.8) is 0 Å². The van der Waals surface area contributed by atoms with E-state index in [1.807, 2.05) is 30.3 Å². The van der Waals surface area contributed by atoms with Gasteiger partial charge in [0.25, 0.3) is 5.69 Å². The summed E-state index contributed by atoms with van der Waals surface area (Å²) >= 11 is 0. The Morgan fingerprint density at radius 1 is 1.17 bits per heavy atom. The number of nitrogens with zero attached hydrogens (tertiary/aromatic N) is 2. The molecular weight excluding hydrogens is 294 g/mol. The van der Waals surface area contributed by atoms with Gasteiger partial charge in [-0.05, 0) is 25.0 Å². The predicted octanol–water partition coefficient (Wildman–Crippen LogP) is 3.60. The van der Waals surface area contributed by atoms with E-state index in [2.05, 4.69) is 5.32 Å². The summed E-state index contributed by atoms with van der Waals surface area (Å²) in [5.41, 5.74) is 2.74. The van der Waals surface area contributed by atoms with Gasteiger partial charge >= 0.3 is 0 Å². The van der Waals surface area contributed by atoms with Gasteiger partial charge < -0.3 is 10.2 Å². The molecule has 23 heavy (non-hydrogen) atoms. The normalized spacial score (nSPS) is 15.9. The molecule has 1 N–H and O–H groups in total. The number of nitro benzene ring substituents is 1. The molecule has 1 aliphatic heterocycles. The smallest absolute Gasteiger partial charge is 0.293 e. The van der Waals surface area contributed by atoms with Crippen LogP contribution in [0.2, 0.25) is 0 Å². The molecule has 1 amide bonds. The van der Waals surface area contributed by atoms with E-state index in [9.17, 15) is 14.9 Å². The number of hydrogen-bond donors (Lipinski definition) is 1. The zero-order valence-electron chi connectivity index (χ0n) is 12.4. The first-order chi connectivity index (χ1) is 11.1. The molecule has 6 heteroatoms. The number of nitro groups is 1. The van der Waals surface area contributed by atoms with Gasteiger partial charge in [0.2, 0.25) is 5.91 Å². The van der Waals surface area contributed by atoms with Crippen molar-refractivity contribution in [3.8, 4) is 0 Å². The Balaban J connectivity index is 1.87. The van der Waals surface area contributed by atoms with E-state index in [-0.39, 0.29) is 17.5 Å². The van der Waals surface area contributed by atoms with Crippen LogP contribution in [0.25, 0.3) is 0 Å². The van der Waals surface area contributed by atoms with Crippen molar-refractivity contribution < 1.29 is 9.72 Å². The van der Waals surface area contributed by atoms with Crippen LogP contribution in [0.3, 0.4) is 0 Å². The molecule has 1 heterocycles. The first kappa shape index (κ1) is 13.8. The summed E-state index contributed by atoms with van der Waals surface area (Å²) < 4.78 is 0. The van der Waals surface area contributed by atoms with E-state index < -0.39 is 4.92 Å². The topological polar surface area (TPSA) is 75.5 Å². The average molecular weight is 309 g/mol. The van der Waals surface area contributed by atoms with Crippen molar-refractivity contribution in [1.29, 1.82) is 0 Å². The van der Waals surface area contributed by atoms with Gasteiger partial charge in [-0.2, -0.15) is 0 Å². The largest absolute Gasteiger partial charge is 0.348 e. The lowest BCUT2D eigenvalue weighted by molar-refractivity contribution is -0.384. The summed E-state index contributed by atoms with van der Waals surface area (Å²) in [6.45, 7) is 0.344. The second kappa shape index (κ2) is 5.08. The molecule has 116 valence electrons. The number of nitrogens with one attached hydrogen (secondary N) is 1. The number of carbonyl (C=O) groups is 1. The molecule has 2 aromatic rings. The Hall–Kier alpha value is -2.89. The van der Waals surface area contributed by atoms with Crippen LogP contribution in [0.5, 0.6) is 0 Å². The van der Waals surface area contributed by atoms with E-state index in [1.54, 1.807) is 11.0 Å². The Morgan fingerprint density at radius 2 is 1.96 bits per heavy atom. The molecule has 4 rings (SSSR count). The van der Waals surface area contributed by atoms with Crippen LogP contribution >= 0.6 is 0 Å². The molecule has 1 aliphatic carbocycles. The van der Waals surface area contributed by atoms with Crippen LogP contribution < -0.4 is 10.2 Å². The molecule has 0 unspecified atom stereocenters. The minimum atomic E-state index is -0.396. The molecule has 1 fully saturated rings. The minimum Gasteiger partial charge on any atom is -0.348 e. The molecule has 0 atom stereocenters. The summed E-state index contributed by atoms with van der Waals surface area (Å²) in [6, 6.07) is 12.4. The molecule has 1 saturated carbocycles. The molecule has 0 saturated heterocycles. The number of fused-ring (bicyclic) bond motifs is 2. The summed E-state index contributed by atoms with van der Waals surface area (Å²) in [6.07, 6.45) is 1.85. The van der Waals surface area contributed by atoms with E-state index in [1.165, 1.54) is 6.07 Å². The Morgan fingerprint density at radius 3 is 2.70 bits per heavy atom. The molecule has 0 aromatic heterocycles.